The number of para-hydroxylation sites is 1. The molecule has 3 rings (SSSR count). The molecule has 1 aliphatic heterocycles. The number of hydrogen-bond donors (Lipinski definition) is 1. The Hall–Kier alpha value is -2.04. The summed E-state index contributed by atoms with van der Waals surface area (Å²) in [6.45, 7) is 2.79. The maximum absolute atomic E-state index is 12.6. The summed E-state index contributed by atoms with van der Waals surface area (Å²) in [5.41, 5.74) is -0.720. The van der Waals surface area contributed by atoms with Crippen LogP contribution in [0.3, 0.4) is 0 Å². The van der Waals surface area contributed by atoms with Gasteiger partial charge in [-0.25, -0.2) is 0 Å². The maximum Gasteiger partial charge on any atom is 0.248 e. The van der Waals surface area contributed by atoms with E-state index in [1.165, 1.54) is 0 Å². The Morgan fingerprint density at radius 2 is 2.00 bits per heavy atom. The number of benzene rings is 1. The summed E-state index contributed by atoms with van der Waals surface area (Å²) in [4.78, 5) is 26.0. The molecule has 1 aromatic rings. The van der Waals surface area contributed by atoms with Crippen LogP contribution in [0.5, 0.6) is 5.75 Å². The molecule has 1 aromatic carbocycles. The van der Waals surface area contributed by atoms with Gasteiger partial charge in [-0.05, 0) is 37.8 Å². The average Bonchev–Trinajstić information content (AvgIpc) is 3.30. The van der Waals surface area contributed by atoms with Crippen molar-refractivity contribution in [1.82, 2.24) is 10.2 Å². The zero-order valence-electron chi connectivity index (χ0n) is 12.2. The van der Waals surface area contributed by atoms with E-state index >= 15 is 0 Å². The van der Waals surface area contributed by atoms with Gasteiger partial charge in [0.15, 0.2) is 0 Å². The Morgan fingerprint density at radius 1 is 1.29 bits per heavy atom. The zero-order valence-corrected chi connectivity index (χ0v) is 12.2. The molecule has 1 heterocycles. The largest absolute Gasteiger partial charge is 0.492 e. The van der Waals surface area contributed by atoms with Gasteiger partial charge in [0.25, 0.3) is 0 Å². The SMILES string of the molecule is CC1(C2CC2)NC(=O)CN(CCOc2ccccc2)C1=O. The molecular weight excluding hydrogens is 268 g/mol. The molecule has 2 aliphatic rings. The predicted molar refractivity (Wildman–Crippen MR) is 77.8 cm³/mol. The van der Waals surface area contributed by atoms with E-state index in [2.05, 4.69) is 5.32 Å². The van der Waals surface area contributed by atoms with Crippen LogP contribution in [-0.4, -0.2) is 41.9 Å². The van der Waals surface area contributed by atoms with Gasteiger partial charge in [0, 0.05) is 0 Å². The van der Waals surface area contributed by atoms with Gasteiger partial charge in [-0.2, -0.15) is 0 Å². The normalized spacial score (nSPS) is 25.7. The Kier molecular flexibility index (Phi) is 3.57. The van der Waals surface area contributed by atoms with E-state index in [9.17, 15) is 9.59 Å². The first kappa shape index (κ1) is 13.9. The van der Waals surface area contributed by atoms with Crippen LogP contribution >= 0.6 is 0 Å². The van der Waals surface area contributed by atoms with Gasteiger partial charge in [-0.15, -0.1) is 0 Å². The molecule has 112 valence electrons. The zero-order chi connectivity index (χ0) is 14.9. The van der Waals surface area contributed by atoms with Crippen molar-refractivity contribution in [3.63, 3.8) is 0 Å². The number of carbonyl (C=O) groups is 2. The minimum Gasteiger partial charge on any atom is -0.492 e. The highest BCUT2D eigenvalue weighted by atomic mass is 16.5. The summed E-state index contributed by atoms with van der Waals surface area (Å²) in [5.74, 6) is 0.994. The Bertz CT molecular complexity index is 542. The lowest BCUT2D eigenvalue weighted by molar-refractivity contribution is -0.150. The molecule has 1 unspecified atom stereocenters. The fourth-order valence-corrected chi connectivity index (χ4v) is 2.86. The molecule has 5 heteroatoms. The summed E-state index contributed by atoms with van der Waals surface area (Å²) < 4.78 is 5.61. The number of rotatable bonds is 5. The molecule has 2 amide bonds. The molecule has 5 nitrogen and oxygen atoms in total. The summed E-state index contributed by atoms with van der Waals surface area (Å²) >= 11 is 0. The van der Waals surface area contributed by atoms with E-state index in [0.717, 1.165) is 18.6 Å². The lowest BCUT2D eigenvalue weighted by atomic mass is 9.91. The van der Waals surface area contributed by atoms with E-state index in [4.69, 9.17) is 4.74 Å². The van der Waals surface area contributed by atoms with Crippen LogP contribution in [0, 0.1) is 5.92 Å². The third-order valence-corrected chi connectivity index (χ3v) is 4.23. The fraction of sp³-hybridized carbons (Fsp3) is 0.500. The third kappa shape index (κ3) is 2.86. The van der Waals surface area contributed by atoms with Gasteiger partial charge >= 0.3 is 0 Å². The average molecular weight is 288 g/mol. The molecule has 0 aromatic heterocycles. The van der Waals surface area contributed by atoms with E-state index in [1.54, 1.807) is 4.90 Å². The van der Waals surface area contributed by atoms with Gasteiger partial charge in [0.2, 0.25) is 11.8 Å². The maximum atomic E-state index is 12.6. The van der Waals surface area contributed by atoms with Crippen molar-refractivity contribution in [3.05, 3.63) is 30.3 Å². The van der Waals surface area contributed by atoms with Crippen LogP contribution in [0.1, 0.15) is 19.8 Å². The second-order valence-corrected chi connectivity index (χ2v) is 5.91. The minimum absolute atomic E-state index is 0.0151. The van der Waals surface area contributed by atoms with Crippen molar-refractivity contribution in [3.8, 4) is 5.75 Å². The highest BCUT2D eigenvalue weighted by Gasteiger charge is 2.52. The van der Waals surface area contributed by atoms with Crippen LogP contribution in [-0.2, 0) is 9.59 Å². The number of nitrogens with one attached hydrogen (secondary N) is 1. The van der Waals surface area contributed by atoms with Crippen molar-refractivity contribution in [2.45, 2.75) is 25.3 Å². The van der Waals surface area contributed by atoms with E-state index < -0.39 is 5.54 Å². The molecule has 0 spiro atoms. The molecule has 1 N–H and O–H groups in total. The van der Waals surface area contributed by atoms with Gasteiger partial charge in [-0.3, -0.25) is 9.59 Å². The van der Waals surface area contributed by atoms with Gasteiger partial charge in [0.1, 0.15) is 17.9 Å². The molecule has 1 saturated heterocycles. The number of piperazine rings is 1. The van der Waals surface area contributed by atoms with Gasteiger partial charge in [0.05, 0.1) is 13.1 Å². The number of ether oxygens (including phenoxy) is 1. The van der Waals surface area contributed by atoms with E-state index in [-0.39, 0.29) is 24.3 Å². The standard InChI is InChI=1S/C16H20N2O3/c1-16(12-7-8-12)15(20)18(11-14(19)17-16)9-10-21-13-5-3-2-4-6-13/h2-6,12H,7-11H2,1H3,(H,17,19). The number of hydrogen-bond acceptors (Lipinski definition) is 3. The highest BCUT2D eigenvalue weighted by Crippen LogP contribution is 2.41. The first-order valence-electron chi connectivity index (χ1n) is 7.38. The third-order valence-electron chi connectivity index (χ3n) is 4.23. The highest BCUT2D eigenvalue weighted by molar-refractivity contribution is 5.98. The van der Waals surface area contributed by atoms with Gasteiger partial charge in [-0.1, -0.05) is 18.2 Å². The topological polar surface area (TPSA) is 58.6 Å². The van der Waals surface area contributed by atoms with Crippen molar-refractivity contribution < 1.29 is 14.3 Å². The molecule has 0 bridgehead atoms. The molecule has 1 atom stereocenters. The molecule has 2 fully saturated rings. The van der Waals surface area contributed by atoms with Crippen LogP contribution in [0.4, 0.5) is 0 Å². The second kappa shape index (κ2) is 5.39. The minimum atomic E-state index is -0.720. The van der Waals surface area contributed by atoms with E-state index in [1.807, 2.05) is 37.3 Å². The van der Waals surface area contributed by atoms with Crippen molar-refractivity contribution in [2.24, 2.45) is 5.92 Å². The molecule has 0 radical (unpaired) electrons. The Labute approximate surface area is 124 Å². The Balaban J connectivity index is 1.59. The quantitative estimate of drug-likeness (QED) is 0.885. The monoisotopic (exact) mass is 288 g/mol. The van der Waals surface area contributed by atoms with Crippen molar-refractivity contribution in [1.29, 1.82) is 0 Å². The second-order valence-electron chi connectivity index (χ2n) is 5.91. The number of amides is 2. The smallest absolute Gasteiger partial charge is 0.248 e. The van der Waals surface area contributed by atoms with E-state index in [0.29, 0.717) is 13.2 Å². The van der Waals surface area contributed by atoms with Crippen LogP contribution in [0.2, 0.25) is 0 Å². The van der Waals surface area contributed by atoms with Gasteiger partial charge < -0.3 is 15.0 Å². The first-order chi connectivity index (χ1) is 10.1. The molecule has 21 heavy (non-hydrogen) atoms. The first-order valence-corrected chi connectivity index (χ1v) is 7.38. The summed E-state index contributed by atoms with van der Waals surface area (Å²) in [6.07, 6.45) is 2.02. The van der Waals surface area contributed by atoms with Crippen molar-refractivity contribution >= 4 is 11.8 Å². The van der Waals surface area contributed by atoms with Crippen LogP contribution in [0.25, 0.3) is 0 Å². The fourth-order valence-electron chi connectivity index (χ4n) is 2.86. The lowest BCUT2D eigenvalue weighted by Crippen LogP contribution is -2.66. The molecule has 1 aliphatic carbocycles. The van der Waals surface area contributed by atoms with Crippen LogP contribution in [0.15, 0.2) is 30.3 Å². The summed E-state index contributed by atoms with van der Waals surface area (Å²) in [5, 5.41) is 2.87. The van der Waals surface area contributed by atoms with Crippen LogP contribution < -0.4 is 10.1 Å². The Morgan fingerprint density at radius 3 is 2.67 bits per heavy atom. The van der Waals surface area contributed by atoms with Crippen molar-refractivity contribution in [2.75, 3.05) is 19.7 Å². The molecular formula is C16H20N2O3. The summed E-state index contributed by atoms with van der Waals surface area (Å²) in [6, 6.07) is 9.47. The lowest BCUT2D eigenvalue weighted by Gasteiger charge is -2.40. The molecule has 1 saturated carbocycles. The number of carbonyl (C=O) groups excluding carboxylic acids is 2. The predicted octanol–water partition coefficient (Wildman–Crippen LogP) is 1.19. The number of nitrogens with zero attached hydrogens (tertiary/aromatic N) is 1. The summed E-state index contributed by atoms with van der Waals surface area (Å²) in [7, 11) is 0.